The monoisotopic (exact) mass is 308 g/mol. The Labute approximate surface area is 128 Å². The molecule has 6 heteroatoms. The zero-order chi connectivity index (χ0) is 15.4. The van der Waals surface area contributed by atoms with Crippen LogP contribution in [0.15, 0.2) is 18.2 Å². The summed E-state index contributed by atoms with van der Waals surface area (Å²) in [4.78, 5) is 12.8. The van der Waals surface area contributed by atoms with Gasteiger partial charge in [-0.25, -0.2) is 0 Å². The highest BCUT2D eigenvalue weighted by atomic mass is 32.1. The van der Waals surface area contributed by atoms with Crippen LogP contribution in [-0.4, -0.2) is 33.3 Å². The van der Waals surface area contributed by atoms with Crippen LogP contribution in [0.25, 0.3) is 10.1 Å². The lowest BCUT2D eigenvalue weighted by atomic mass is 10.2. The number of carbonyl (C=O) groups excluding carboxylic acids is 1. The molecule has 0 bridgehead atoms. The van der Waals surface area contributed by atoms with Gasteiger partial charge in [0.05, 0.1) is 24.8 Å². The minimum atomic E-state index is -0.154. The average molecular weight is 308 g/mol. The summed E-state index contributed by atoms with van der Waals surface area (Å²) in [5.74, 6) is 0.788. The number of methoxy groups -OCH3 is 2. The van der Waals surface area contributed by atoms with Gasteiger partial charge in [0.1, 0.15) is 10.6 Å². The number of ether oxygens (including phenoxy) is 2. The Kier molecular flexibility index (Phi) is 5.03. The number of nitrogens with one attached hydrogen (secondary N) is 1. The number of fused-ring (bicyclic) bond motifs is 1. The lowest BCUT2D eigenvalue weighted by molar-refractivity contribution is 0.0939. The van der Waals surface area contributed by atoms with Crippen molar-refractivity contribution in [3.8, 4) is 5.75 Å². The van der Waals surface area contributed by atoms with Crippen LogP contribution in [0.2, 0.25) is 0 Å². The Hall–Kier alpha value is -1.79. The van der Waals surface area contributed by atoms with Crippen molar-refractivity contribution in [3.05, 3.63) is 23.1 Å². The molecule has 2 aromatic rings. The molecule has 1 aromatic heterocycles. The number of rotatable bonds is 6. The highest BCUT2D eigenvalue weighted by Gasteiger charge is 2.19. The Bertz CT molecular complexity index is 639. The van der Waals surface area contributed by atoms with E-state index in [4.69, 9.17) is 15.2 Å². The van der Waals surface area contributed by atoms with Crippen LogP contribution in [0.3, 0.4) is 0 Å². The fourth-order valence-electron chi connectivity index (χ4n) is 2.17. The lowest BCUT2D eigenvalue weighted by Gasteiger charge is -2.11. The van der Waals surface area contributed by atoms with E-state index in [0.29, 0.717) is 29.5 Å². The molecule has 0 fully saturated rings. The van der Waals surface area contributed by atoms with Gasteiger partial charge in [-0.2, -0.15) is 0 Å². The van der Waals surface area contributed by atoms with Crippen LogP contribution in [0, 0.1) is 5.92 Å². The first-order valence-electron chi connectivity index (χ1n) is 6.70. The van der Waals surface area contributed by atoms with Gasteiger partial charge in [0.15, 0.2) is 0 Å². The predicted molar refractivity (Wildman–Crippen MR) is 86.2 cm³/mol. The number of thiophene rings is 1. The maximum atomic E-state index is 12.3. The largest absolute Gasteiger partial charge is 0.496 e. The molecular weight excluding hydrogens is 288 g/mol. The van der Waals surface area contributed by atoms with Gasteiger partial charge in [0, 0.05) is 18.4 Å². The number of benzene rings is 1. The number of amides is 1. The minimum absolute atomic E-state index is 0.154. The molecule has 1 amide bonds. The molecule has 0 aliphatic carbocycles. The smallest absolute Gasteiger partial charge is 0.263 e. The summed E-state index contributed by atoms with van der Waals surface area (Å²) >= 11 is 1.38. The molecule has 0 radical (unpaired) electrons. The summed E-state index contributed by atoms with van der Waals surface area (Å²) < 4.78 is 11.3. The van der Waals surface area contributed by atoms with Crippen LogP contribution in [0.1, 0.15) is 16.6 Å². The van der Waals surface area contributed by atoms with E-state index in [0.717, 1.165) is 10.1 Å². The number of nitrogens with two attached hydrogens (primary N) is 1. The van der Waals surface area contributed by atoms with Gasteiger partial charge in [-0.15, -0.1) is 11.3 Å². The third-order valence-corrected chi connectivity index (χ3v) is 4.37. The maximum Gasteiger partial charge on any atom is 0.263 e. The highest BCUT2D eigenvalue weighted by molar-refractivity contribution is 7.21. The molecule has 1 atom stereocenters. The van der Waals surface area contributed by atoms with Gasteiger partial charge in [-0.3, -0.25) is 4.79 Å². The van der Waals surface area contributed by atoms with Gasteiger partial charge in [-0.1, -0.05) is 13.0 Å². The summed E-state index contributed by atoms with van der Waals surface area (Å²) in [5.41, 5.74) is 6.60. The van der Waals surface area contributed by atoms with E-state index in [2.05, 4.69) is 5.32 Å². The first-order valence-corrected chi connectivity index (χ1v) is 7.52. The normalized spacial score (nSPS) is 12.3. The molecule has 0 saturated heterocycles. The van der Waals surface area contributed by atoms with Crippen LogP contribution >= 0.6 is 11.3 Å². The Morgan fingerprint density at radius 1 is 1.43 bits per heavy atom. The van der Waals surface area contributed by atoms with Gasteiger partial charge in [-0.05, 0) is 18.1 Å². The third-order valence-electron chi connectivity index (χ3n) is 3.20. The second kappa shape index (κ2) is 6.78. The van der Waals surface area contributed by atoms with Gasteiger partial charge in [0.25, 0.3) is 5.91 Å². The second-order valence-electron chi connectivity index (χ2n) is 4.95. The Morgan fingerprint density at radius 2 is 2.19 bits per heavy atom. The Morgan fingerprint density at radius 3 is 2.86 bits per heavy atom. The second-order valence-corrected chi connectivity index (χ2v) is 6.00. The molecule has 5 nitrogen and oxygen atoms in total. The number of anilines is 1. The molecule has 1 aromatic carbocycles. The SMILES string of the molecule is COCC(C)CNC(=O)c1sc2cccc(OC)c2c1N. The average Bonchev–Trinajstić information content (AvgIpc) is 2.82. The zero-order valence-electron chi connectivity index (χ0n) is 12.4. The molecule has 0 aliphatic heterocycles. The summed E-state index contributed by atoms with van der Waals surface area (Å²) in [6, 6.07) is 5.66. The summed E-state index contributed by atoms with van der Waals surface area (Å²) in [6.07, 6.45) is 0. The van der Waals surface area contributed by atoms with E-state index in [1.165, 1.54) is 11.3 Å². The molecule has 1 heterocycles. The van der Waals surface area contributed by atoms with Crippen molar-refractivity contribution < 1.29 is 14.3 Å². The van der Waals surface area contributed by atoms with Crippen LogP contribution < -0.4 is 15.8 Å². The molecular formula is C15H20N2O3S. The van der Waals surface area contributed by atoms with E-state index < -0.39 is 0 Å². The first kappa shape index (κ1) is 15.6. The Balaban J connectivity index is 2.22. The van der Waals surface area contributed by atoms with Crippen molar-refractivity contribution in [3.63, 3.8) is 0 Å². The summed E-state index contributed by atoms with van der Waals surface area (Å²) in [7, 11) is 3.24. The van der Waals surface area contributed by atoms with Crippen molar-refractivity contribution in [2.75, 3.05) is 33.1 Å². The van der Waals surface area contributed by atoms with E-state index in [-0.39, 0.29) is 11.8 Å². The van der Waals surface area contributed by atoms with E-state index in [1.54, 1.807) is 14.2 Å². The van der Waals surface area contributed by atoms with Crippen LogP contribution in [-0.2, 0) is 4.74 Å². The quantitative estimate of drug-likeness (QED) is 0.860. The van der Waals surface area contributed by atoms with Crippen molar-refractivity contribution in [2.45, 2.75) is 6.92 Å². The molecule has 0 spiro atoms. The number of nitrogen functional groups attached to an aromatic ring is 1. The van der Waals surface area contributed by atoms with Crippen molar-refractivity contribution >= 4 is 33.0 Å². The zero-order valence-corrected chi connectivity index (χ0v) is 13.3. The van der Waals surface area contributed by atoms with E-state index >= 15 is 0 Å². The fraction of sp³-hybridized carbons (Fsp3) is 0.400. The molecule has 2 rings (SSSR count). The predicted octanol–water partition coefficient (Wildman–Crippen LogP) is 2.50. The third kappa shape index (κ3) is 3.28. The molecule has 21 heavy (non-hydrogen) atoms. The lowest BCUT2D eigenvalue weighted by Crippen LogP contribution is -2.29. The van der Waals surface area contributed by atoms with E-state index in [1.807, 2.05) is 25.1 Å². The summed E-state index contributed by atoms with van der Waals surface area (Å²) in [6.45, 7) is 3.18. The fourth-order valence-corrected chi connectivity index (χ4v) is 3.23. The molecule has 3 N–H and O–H groups in total. The van der Waals surface area contributed by atoms with Crippen LogP contribution in [0.4, 0.5) is 5.69 Å². The highest BCUT2D eigenvalue weighted by Crippen LogP contribution is 2.39. The van der Waals surface area contributed by atoms with E-state index in [9.17, 15) is 4.79 Å². The standard InChI is InChI=1S/C15H20N2O3S/c1-9(8-19-2)7-17-15(18)14-13(16)12-10(20-3)5-4-6-11(12)21-14/h4-6,9H,7-8,16H2,1-3H3,(H,17,18). The molecule has 0 saturated carbocycles. The number of carbonyl (C=O) groups is 1. The minimum Gasteiger partial charge on any atom is -0.496 e. The molecule has 114 valence electrons. The maximum absolute atomic E-state index is 12.3. The topological polar surface area (TPSA) is 73.6 Å². The summed E-state index contributed by atoms with van der Waals surface area (Å²) in [5, 5.41) is 3.70. The van der Waals surface area contributed by atoms with Crippen molar-refractivity contribution in [1.82, 2.24) is 5.32 Å². The van der Waals surface area contributed by atoms with Gasteiger partial charge >= 0.3 is 0 Å². The molecule has 0 aliphatic rings. The first-order chi connectivity index (χ1) is 10.1. The molecule has 1 unspecified atom stereocenters. The van der Waals surface area contributed by atoms with Crippen LogP contribution in [0.5, 0.6) is 5.75 Å². The van der Waals surface area contributed by atoms with Crippen molar-refractivity contribution in [2.24, 2.45) is 5.92 Å². The number of hydrogen-bond acceptors (Lipinski definition) is 5. The number of hydrogen-bond donors (Lipinski definition) is 2. The van der Waals surface area contributed by atoms with Crippen molar-refractivity contribution in [1.29, 1.82) is 0 Å². The van der Waals surface area contributed by atoms with Gasteiger partial charge in [0.2, 0.25) is 0 Å². The van der Waals surface area contributed by atoms with Gasteiger partial charge < -0.3 is 20.5 Å².